The Bertz CT molecular complexity index is 1160. The van der Waals surface area contributed by atoms with Gasteiger partial charge in [-0.2, -0.15) is 10.1 Å². The summed E-state index contributed by atoms with van der Waals surface area (Å²) in [6, 6.07) is 9.46. The van der Waals surface area contributed by atoms with Crippen molar-refractivity contribution in [3.05, 3.63) is 69.0 Å². The number of hydrogen-bond acceptors (Lipinski definition) is 6. The Labute approximate surface area is 176 Å². The number of para-hydroxylation sites is 1. The van der Waals surface area contributed by atoms with Gasteiger partial charge >= 0.3 is 11.8 Å². The van der Waals surface area contributed by atoms with Gasteiger partial charge in [0.05, 0.1) is 22.0 Å². The Hall–Kier alpha value is -2.97. The molecule has 0 aliphatic carbocycles. The monoisotopic (exact) mass is 427 g/mol. The van der Waals surface area contributed by atoms with Crippen molar-refractivity contribution in [2.45, 2.75) is 20.3 Å². The number of halogens is 1. The topological polar surface area (TPSA) is 85.8 Å². The van der Waals surface area contributed by atoms with Gasteiger partial charge in [0.2, 0.25) is 5.82 Å². The average Bonchev–Trinajstić information content (AvgIpc) is 3.42. The van der Waals surface area contributed by atoms with Crippen LogP contribution in [0.5, 0.6) is 0 Å². The largest absolute Gasteiger partial charge is 0.347 e. The number of aryl methyl sites for hydroxylation is 2. The molecule has 1 N–H and O–H groups in total. The first kappa shape index (κ1) is 19.4. The van der Waals surface area contributed by atoms with E-state index in [1.165, 1.54) is 10.4 Å². The zero-order valence-electron chi connectivity index (χ0n) is 15.8. The van der Waals surface area contributed by atoms with Crippen molar-refractivity contribution in [1.29, 1.82) is 0 Å². The Morgan fingerprint density at radius 1 is 1.28 bits per heavy atom. The maximum atomic E-state index is 12.3. The lowest BCUT2D eigenvalue weighted by Crippen LogP contribution is -2.25. The van der Waals surface area contributed by atoms with E-state index in [9.17, 15) is 4.79 Å². The number of thiophene rings is 1. The summed E-state index contributed by atoms with van der Waals surface area (Å²) in [7, 11) is 0. The molecule has 0 saturated carbocycles. The van der Waals surface area contributed by atoms with E-state index in [1.807, 2.05) is 30.5 Å². The molecule has 1 amide bonds. The molecule has 0 unspecified atom stereocenters. The second-order valence-electron chi connectivity index (χ2n) is 6.48. The van der Waals surface area contributed by atoms with Crippen molar-refractivity contribution in [2.24, 2.45) is 0 Å². The standard InChI is InChI=1S/C20H18ClN5O2S/c1-12-8-10-29-17(12)7-9-22-19(27)20-23-18(25-28-20)14-11-26(24-13(14)2)16-6-4-3-5-15(16)21/h3-6,8,10-11H,7,9H2,1-2H3,(H,22,27). The number of benzene rings is 1. The van der Waals surface area contributed by atoms with Crippen molar-refractivity contribution in [1.82, 2.24) is 25.2 Å². The van der Waals surface area contributed by atoms with Crippen LogP contribution < -0.4 is 5.32 Å². The average molecular weight is 428 g/mol. The summed E-state index contributed by atoms with van der Waals surface area (Å²) < 4.78 is 6.81. The van der Waals surface area contributed by atoms with Crippen molar-refractivity contribution in [3.63, 3.8) is 0 Å². The van der Waals surface area contributed by atoms with Crippen molar-refractivity contribution in [2.75, 3.05) is 6.54 Å². The first-order valence-corrected chi connectivity index (χ1v) is 10.2. The van der Waals surface area contributed by atoms with Gasteiger partial charge in [-0.25, -0.2) is 4.68 Å². The zero-order chi connectivity index (χ0) is 20.4. The molecule has 0 saturated heterocycles. The minimum absolute atomic E-state index is 0.0761. The molecular formula is C20H18ClN5O2S. The molecule has 3 heterocycles. The lowest BCUT2D eigenvalue weighted by Gasteiger charge is -2.02. The second kappa shape index (κ2) is 8.18. The van der Waals surface area contributed by atoms with Crippen LogP contribution in [0.4, 0.5) is 0 Å². The van der Waals surface area contributed by atoms with Crippen LogP contribution in [-0.4, -0.2) is 32.4 Å². The first-order chi connectivity index (χ1) is 14.0. The van der Waals surface area contributed by atoms with Gasteiger partial charge in [-0.1, -0.05) is 28.9 Å². The van der Waals surface area contributed by atoms with Crippen molar-refractivity contribution in [3.8, 4) is 17.1 Å². The molecule has 0 aliphatic heterocycles. The summed E-state index contributed by atoms with van der Waals surface area (Å²) in [5.74, 6) is -0.165. The van der Waals surface area contributed by atoms with E-state index in [2.05, 4.69) is 33.5 Å². The molecule has 0 fully saturated rings. The molecule has 9 heteroatoms. The Kier molecular flexibility index (Phi) is 5.46. The predicted molar refractivity (Wildman–Crippen MR) is 112 cm³/mol. The fourth-order valence-corrected chi connectivity index (χ4v) is 4.02. The summed E-state index contributed by atoms with van der Waals surface area (Å²) in [5.41, 5.74) is 3.34. The molecule has 0 radical (unpaired) electrons. The Balaban J connectivity index is 1.47. The third kappa shape index (κ3) is 4.08. The molecule has 4 rings (SSSR count). The molecule has 1 aromatic carbocycles. The number of carbonyl (C=O) groups is 1. The van der Waals surface area contributed by atoms with Crippen LogP contribution in [0.15, 0.2) is 46.4 Å². The highest BCUT2D eigenvalue weighted by Crippen LogP contribution is 2.25. The van der Waals surface area contributed by atoms with Crippen LogP contribution in [0.3, 0.4) is 0 Å². The molecule has 3 aromatic heterocycles. The van der Waals surface area contributed by atoms with E-state index < -0.39 is 5.91 Å². The lowest BCUT2D eigenvalue weighted by atomic mass is 10.2. The molecule has 0 atom stereocenters. The normalized spacial score (nSPS) is 11.0. The molecule has 0 spiro atoms. The minimum atomic E-state index is -0.394. The van der Waals surface area contributed by atoms with Gasteiger partial charge < -0.3 is 9.84 Å². The van der Waals surface area contributed by atoms with Gasteiger partial charge in [0.25, 0.3) is 0 Å². The third-order valence-electron chi connectivity index (χ3n) is 4.47. The lowest BCUT2D eigenvalue weighted by molar-refractivity contribution is 0.0910. The smallest absolute Gasteiger partial charge is 0.316 e. The van der Waals surface area contributed by atoms with Gasteiger partial charge in [0.15, 0.2) is 0 Å². The van der Waals surface area contributed by atoms with E-state index in [-0.39, 0.29) is 5.89 Å². The maximum absolute atomic E-state index is 12.3. The van der Waals surface area contributed by atoms with Gasteiger partial charge in [-0.3, -0.25) is 4.79 Å². The highest BCUT2D eigenvalue weighted by atomic mass is 35.5. The molecule has 0 bridgehead atoms. The number of nitrogens with zero attached hydrogens (tertiary/aromatic N) is 4. The van der Waals surface area contributed by atoms with Gasteiger partial charge in [-0.15, -0.1) is 11.3 Å². The van der Waals surface area contributed by atoms with Crippen molar-refractivity contribution >= 4 is 28.8 Å². The molecular weight excluding hydrogens is 410 g/mol. The van der Waals surface area contributed by atoms with Crippen molar-refractivity contribution < 1.29 is 9.32 Å². The Morgan fingerprint density at radius 3 is 2.86 bits per heavy atom. The van der Waals surface area contributed by atoms with E-state index in [0.717, 1.165) is 12.1 Å². The van der Waals surface area contributed by atoms with E-state index in [4.69, 9.17) is 16.1 Å². The van der Waals surface area contributed by atoms with Crippen LogP contribution in [0.1, 0.15) is 26.8 Å². The van der Waals surface area contributed by atoms with E-state index >= 15 is 0 Å². The van der Waals surface area contributed by atoms with Crippen LogP contribution in [-0.2, 0) is 6.42 Å². The van der Waals surface area contributed by atoms with E-state index in [1.54, 1.807) is 28.3 Å². The third-order valence-corrected chi connectivity index (χ3v) is 5.87. The number of rotatable bonds is 6. The van der Waals surface area contributed by atoms with Gasteiger partial charge in [0, 0.05) is 17.6 Å². The molecule has 0 aliphatic rings. The number of hydrogen-bond donors (Lipinski definition) is 1. The zero-order valence-corrected chi connectivity index (χ0v) is 17.4. The Morgan fingerprint density at radius 2 is 2.10 bits per heavy atom. The number of aromatic nitrogens is 4. The highest BCUT2D eigenvalue weighted by molar-refractivity contribution is 7.10. The summed E-state index contributed by atoms with van der Waals surface area (Å²) in [4.78, 5) is 17.8. The highest BCUT2D eigenvalue weighted by Gasteiger charge is 2.19. The maximum Gasteiger partial charge on any atom is 0.316 e. The summed E-state index contributed by atoms with van der Waals surface area (Å²) in [6.07, 6.45) is 2.53. The summed E-state index contributed by atoms with van der Waals surface area (Å²) in [6.45, 7) is 4.40. The van der Waals surface area contributed by atoms with Crippen LogP contribution >= 0.6 is 22.9 Å². The first-order valence-electron chi connectivity index (χ1n) is 8.99. The number of carbonyl (C=O) groups excluding carboxylic acids is 1. The van der Waals surface area contributed by atoms with Crippen LogP contribution in [0.25, 0.3) is 17.1 Å². The fraction of sp³-hybridized carbons (Fsp3) is 0.200. The molecule has 4 aromatic rings. The van der Waals surface area contributed by atoms with Gasteiger partial charge in [0.1, 0.15) is 0 Å². The number of nitrogens with one attached hydrogen (secondary N) is 1. The number of amides is 1. The van der Waals surface area contributed by atoms with Crippen LogP contribution in [0, 0.1) is 13.8 Å². The predicted octanol–water partition coefficient (Wildman–Crippen LogP) is 4.23. The minimum Gasteiger partial charge on any atom is -0.347 e. The SMILES string of the molecule is Cc1ccsc1CCNC(=O)c1nc(-c2cn(-c3ccccc3Cl)nc2C)no1. The van der Waals surface area contributed by atoms with Crippen LogP contribution in [0.2, 0.25) is 5.02 Å². The quantitative estimate of drug-likeness (QED) is 0.497. The fourth-order valence-electron chi connectivity index (χ4n) is 2.89. The van der Waals surface area contributed by atoms with E-state index in [0.29, 0.717) is 28.6 Å². The second-order valence-corrected chi connectivity index (χ2v) is 7.89. The van der Waals surface area contributed by atoms with Gasteiger partial charge in [-0.05, 0) is 49.4 Å². The molecule has 148 valence electrons. The summed E-state index contributed by atoms with van der Waals surface area (Å²) >= 11 is 7.92. The summed E-state index contributed by atoms with van der Waals surface area (Å²) in [5, 5.41) is 13.8. The molecule has 29 heavy (non-hydrogen) atoms. The molecule has 7 nitrogen and oxygen atoms in total.